The molecule has 0 bridgehead atoms. The zero-order valence-electron chi connectivity index (χ0n) is 13.3. The number of imide groups is 1. The third-order valence-electron chi connectivity index (χ3n) is 3.00. The highest BCUT2D eigenvalue weighted by atomic mass is 16.2. The van der Waals surface area contributed by atoms with Crippen LogP contribution in [0.5, 0.6) is 0 Å². The molecule has 1 N–H and O–H groups in total. The van der Waals surface area contributed by atoms with E-state index in [0.29, 0.717) is 12.8 Å². The average Bonchev–Trinajstić information content (AvgIpc) is 2.51. The second-order valence-corrected chi connectivity index (χ2v) is 4.10. The van der Waals surface area contributed by atoms with Gasteiger partial charge in [0.25, 0.3) is 0 Å². The minimum absolute atomic E-state index is 0.159. The van der Waals surface area contributed by atoms with Gasteiger partial charge in [-0.2, -0.15) is 0 Å². The second-order valence-electron chi connectivity index (χ2n) is 4.10. The summed E-state index contributed by atoms with van der Waals surface area (Å²) in [5.74, 6) is -0.485. The van der Waals surface area contributed by atoms with Gasteiger partial charge in [0.15, 0.2) is 0 Å². The first-order valence-corrected chi connectivity index (χ1v) is 7.63. The zero-order chi connectivity index (χ0) is 15.5. The first kappa shape index (κ1) is 18.4. The maximum absolute atomic E-state index is 11.7. The predicted molar refractivity (Wildman–Crippen MR) is 83.6 cm³/mol. The molecule has 20 heavy (non-hydrogen) atoms. The second kappa shape index (κ2) is 10.2. The molecule has 0 aromatic heterocycles. The Morgan fingerprint density at radius 3 is 2.35 bits per heavy atom. The summed E-state index contributed by atoms with van der Waals surface area (Å²) in [5.41, 5.74) is 2.24. The number of piperidine rings is 1. The third-order valence-corrected chi connectivity index (χ3v) is 3.00. The van der Waals surface area contributed by atoms with Crippen molar-refractivity contribution in [1.29, 1.82) is 0 Å². The van der Waals surface area contributed by atoms with Crippen molar-refractivity contribution < 1.29 is 9.59 Å². The largest absolute Gasteiger partial charge is 0.296 e. The van der Waals surface area contributed by atoms with Crippen LogP contribution >= 0.6 is 0 Å². The zero-order valence-corrected chi connectivity index (χ0v) is 13.3. The molecule has 1 aliphatic heterocycles. The molecule has 2 amide bonds. The topological polar surface area (TPSA) is 46.2 Å². The fraction of sp³-hybridized carbons (Fsp3) is 0.529. The van der Waals surface area contributed by atoms with Crippen LogP contribution < -0.4 is 5.32 Å². The van der Waals surface area contributed by atoms with E-state index < -0.39 is 0 Å². The molecule has 0 saturated carbocycles. The fourth-order valence-electron chi connectivity index (χ4n) is 2.04. The maximum Gasteiger partial charge on any atom is 0.234 e. The number of benzene rings is 1. The van der Waals surface area contributed by atoms with E-state index in [1.165, 1.54) is 5.56 Å². The summed E-state index contributed by atoms with van der Waals surface area (Å²) in [6, 6.07) is 8.03. The quantitative estimate of drug-likeness (QED) is 0.835. The summed E-state index contributed by atoms with van der Waals surface area (Å²) >= 11 is 0. The Balaban J connectivity index is 0.000000829. The molecule has 3 nitrogen and oxygen atoms in total. The van der Waals surface area contributed by atoms with Gasteiger partial charge < -0.3 is 0 Å². The molecule has 1 fully saturated rings. The molecule has 1 saturated heterocycles. The number of aryl methyl sites for hydroxylation is 1. The van der Waals surface area contributed by atoms with E-state index in [1.807, 2.05) is 39.8 Å². The van der Waals surface area contributed by atoms with Gasteiger partial charge in [0.2, 0.25) is 11.8 Å². The number of hydrogen-bond acceptors (Lipinski definition) is 2. The van der Waals surface area contributed by atoms with Crippen LogP contribution in [0.15, 0.2) is 24.3 Å². The fourth-order valence-corrected chi connectivity index (χ4v) is 2.04. The maximum atomic E-state index is 11.7. The summed E-state index contributed by atoms with van der Waals surface area (Å²) in [5, 5.41) is 2.39. The van der Waals surface area contributed by atoms with Gasteiger partial charge in [-0.15, -0.1) is 0 Å². The Morgan fingerprint density at radius 1 is 1.15 bits per heavy atom. The molecule has 1 atom stereocenters. The van der Waals surface area contributed by atoms with Crippen LogP contribution in [0, 0.1) is 0 Å². The van der Waals surface area contributed by atoms with Gasteiger partial charge in [-0.1, -0.05) is 58.9 Å². The van der Waals surface area contributed by atoms with E-state index in [0.717, 1.165) is 12.0 Å². The highest BCUT2D eigenvalue weighted by molar-refractivity contribution is 6.00. The van der Waals surface area contributed by atoms with Crippen LogP contribution in [0.1, 0.15) is 64.5 Å². The summed E-state index contributed by atoms with van der Waals surface area (Å²) in [6.45, 7) is 10.1. The lowest BCUT2D eigenvalue weighted by Gasteiger charge is -2.21. The van der Waals surface area contributed by atoms with Gasteiger partial charge in [0, 0.05) is 6.42 Å². The number of amides is 2. The molecule has 1 aliphatic rings. The molecule has 1 aromatic carbocycles. The van der Waals surface area contributed by atoms with Crippen molar-refractivity contribution in [3.63, 3.8) is 0 Å². The van der Waals surface area contributed by atoms with Crippen molar-refractivity contribution in [2.24, 2.45) is 0 Å². The number of nitrogens with one attached hydrogen (secondary N) is 1. The molecule has 3 heteroatoms. The molecule has 0 radical (unpaired) electrons. The Morgan fingerprint density at radius 2 is 1.80 bits per heavy atom. The highest BCUT2D eigenvalue weighted by Gasteiger charge is 2.27. The number of carbonyl (C=O) groups excluding carboxylic acids is 2. The van der Waals surface area contributed by atoms with Crippen molar-refractivity contribution >= 4 is 11.8 Å². The minimum atomic E-state index is -0.163. The lowest BCUT2D eigenvalue weighted by molar-refractivity contribution is -0.134. The van der Waals surface area contributed by atoms with Crippen molar-refractivity contribution in [2.45, 2.75) is 59.8 Å². The lowest BCUT2D eigenvalue weighted by atomic mass is 9.89. The van der Waals surface area contributed by atoms with Crippen molar-refractivity contribution in [1.82, 2.24) is 5.32 Å². The molecule has 0 aliphatic carbocycles. The highest BCUT2D eigenvalue weighted by Crippen LogP contribution is 2.25. The van der Waals surface area contributed by atoms with Crippen LogP contribution in [0.25, 0.3) is 0 Å². The van der Waals surface area contributed by atoms with Gasteiger partial charge in [0.05, 0.1) is 5.92 Å². The Hall–Kier alpha value is -1.64. The van der Waals surface area contributed by atoms with E-state index in [-0.39, 0.29) is 17.7 Å². The van der Waals surface area contributed by atoms with Crippen LogP contribution in [0.4, 0.5) is 0 Å². The predicted octanol–water partition coefficient (Wildman–Crippen LogP) is 3.82. The molecule has 1 heterocycles. The van der Waals surface area contributed by atoms with E-state index >= 15 is 0 Å². The summed E-state index contributed by atoms with van der Waals surface area (Å²) in [6.07, 6.45) is 2.02. The number of hydrogen-bond donors (Lipinski definition) is 1. The SMILES string of the molecule is CC.CC.CCc1cccc(C2CCC(=O)NC2=O)c1. The average molecular weight is 277 g/mol. The van der Waals surface area contributed by atoms with Gasteiger partial charge in [-0.25, -0.2) is 0 Å². The Bertz CT molecular complexity index is 427. The van der Waals surface area contributed by atoms with Crippen LogP contribution in [-0.2, 0) is 16.0 Å². The van der Waals surface area contributed by atoms with Crippen molar-refractivity contribution in [2.75, 3.05) is 0 Å². The standard InChI is InChI=1S/C13H15NO2.2C2H6/c1-2-9-4-3-5-10(8-9)11-6-7-12(15)14-13(11)16;2*1-2/h3-5,8,11H,2,6-7H2,1H3,(H,14,15,16);2*1-2H3. The Labute approximate surface area is 122 Å². The Kier molecular flexibility index (Phi) is 9.35. The minimum Gasteiger partial charge on any atom is -0.296 e. The van der Waals surface area contributed by atoms with E-state index in [1.54, 1.807) is 0 Å². The molecule has 1 aromatic rings. The molecule has 0 spiro atoms. The molecule has 112 valence electrons. The number of rotatable bonds is 2. The van der Waals surface area contributed by atoms with Gasteiger partial charge >= 0.3 is 0 Å². The first-order valence-electron chi connectivity index (χ1n) is 7.63. The van der Waals surface area contributed by atoms with Gasteiger partial charge in [0.1, 0.15) is 0 Å². The van der Waals surface area contributed by atoms with Gasteiger partial charge in [-0.3, -0.25) is 14.9 Å². The molecular formula is C17H27NO2. The molecular weight excluding hydrogens is 250 g/mol. The smallest absolute Gasteiger partial charge is 0.234 e. The van der Waals surface area contributed by atoms with E-state index in [4.69, 9.17) is 0 Å². The first-order chi connectivity index (χ1) is 9.70. The van der Waals surface area contributed by atoms with Crippen LogP contribution in [0.2, 0.25) is 0 Å². The summed E-state index contributed by atoms with van der Waals surface area (Å²) in [4.78, 5) is 22.7. The van der Waals surface area contributed by atoms with Gasteiger partial charge in [-0.05, 0) is 24.0 Å². The lowest BCUT2D eigenvalue weighted by Crippen LogP contribution is -2.39. The summed E-state index contributed by atoms with van der Waals surface area (Å²) < 4.78 is 0. The monoisotopic (exact) mass is 277 g/mol. The normalized spacial score (nSPS) is 17.1. The summed E-state index contributed by atoms with van der Waals surface area (Å²) in [7, 11) is 0. The van der Waals surface area contributed by atoms with Crippen molar-refractivity contribution in [3.05, 3.63) is 35.4 Å². The van der Waals surface area contributed by atoms with Crippen molar-refractivity contribution in [3.8, 4) is 0 Å². The van der Waals surface area contributed by atoms with Crippen LogP contribution in [-0.4, -0.2) is 11.8 Å². The molecule has 2 rings (SSSR count). The van der Waals surface area contributed by atoms with E-state index in [9.17, 15) is 9.59 Å². The van der Waals surface area contributed by atoms with E-state index in [2.05, 4.69) is 24.4 Å². The van der Waals surface area contributed by atoms with Crippen LogP contribution in [0.3, 0.4) is 0 Å². The molecule has 1 unspecified atom stereocenters. The number of carbonyl (C=O) groups is 2. The third kappa shape index (κ3) is 5.16.